The van der Waals surface area contributed by atoms with Crippen LogP contribution in [0.4, 0.5) is 0 Å². The van der Waals surface area contributed by atoms with Crippen LogP contribution in [0.3, 0.4) is 0 Å². The van der Waals surface area contributed by atoms with Crippen LogP contribution in [0.2, 0.25) is 0 Å². The van der Waals surface area contributed by atoms with Crippen LogP contribution in [-0.2, 0) is 0 Å². The molecule has 2 fully saturated rings. The lowest BCUT2D eigenvalue weighted by Crippen LogP contribution is -2.51. The Morgan fingerprint density at radius 3 is 2.94 bits per heavy atom. The fraction of sp³-hybridized carbons (Fsp3) is 0.846. The molecule has 2 heterocycles. The van der Waals surface area contributed by atoms with E-state index in [0.717, 1.165) is 12.5 Å². The summed E-state index contributed by atoms with van der Waals surface area (Å²) >= 11 is 0. The molecule has 2 saturated heterocycles. The third kappa shape index (κ3) is 2.17. The standard InChI is InChI=1S/C13H23N3/c14-12-4-3-11(8-12)9-15-6-7-16-5-1-2-13(16)10-15/h3-4,11-13H,1-2,5-10,14H2. The number of fused-ring (bicyclic) bond motifs is 1. The van der Waals surface area contributed by atoms with Crippen LogP contribution < -0.4 is 5.73 Å². The van der Waals surface area contributed by atoms with Gasteiger partial charge in [-0.3, -0.25) is 9.80 Å². The number of hydrogen-bond donors (Lipinski definition) is 1. The quantitative estimate of drug-likeness (QED) is 0.696. The lowest BCUT2D eigenvalue weighted by Gasteiger charge is -2.38. The summed E-state index contributed by atoms with van der Waals surface area (Å²) in [6, 6.07) is 1.17. The molecule has 1 aliphatic carbocycles. The van der Waals surface area contributed by atoms with Crippen molar-refractivity contribution in [3.63, 3.8) is 0 Å². The van der Waals surface area contributed by atoms with E-state index in [1.54, 1.807) is 0 Å². The van der Waals surface area contributed by atoms with E-state index in [0.29, 0.717) is 12.0 Å². The number of nitrogens with two attached hydrogens (primary N) is 1. The smallest absolute Gasteiger partial charge is 0.0229 e. The molecule has 0 aromatic heterocycles. The molecule has 2 aliphatic heterocycles. The molecule has 0 amide bonds. The Morgan fingerprint density at radius 1 is 1.19 bits per heavy atom. The van der Waals surface area contributed by atoms with Gasteiger partial charge >= 0.3 is 0 Å². The Hall–Kier alpha value is -0.380. The van der Waals surface area contributed by atoms with E-state index in [1.165, 1.54) is 45.6 Å². The van der Waals surface area contributed by atoms with Crippen molar-refractivity contribution in [3.8, 4) is 0 Å². The molecule has 0 spiro atoms. The Bertz CT molecular complexity index is 276. The maximum atomic E-state index is 5.90. The van der Waals surface area contributed by atoms with Gasteiger partial charge in [0.2, 0.25) is 0 Å². The summed E-state index contributed by atoms with van der Waals surface area (Å²) in [7, 11) is 0. The highest BCUT2D eigenvalue weighted by molar-refractivity contribution is 5.05. The highest BCUT2D eigenvalue weighted by atomic mass is 15.3. The summed E-state index contributed by atoms with van der Waals surface area (Å²) in [5.74, 6) is 0.711. The highest BCUT2D eigenvalue weighted by Crippen LogP contribution is 2.24. The van der Waals surface area contributed by atoms with Gasteiger partial charge in [0.1, 0.15) is 0 Å². The second-order valence-electron chi connectivity index (χ2n) is 5.64. The summed E-state index contributed by atoms with van der Waals surface area (Å²) < 4.78 is 0. The van der Waals surface area contributed by atoms with Gasteiger partial charge in [0.15, 0.2) is 0 Å². The highest BCUT2D eigenvalue weighted by Gasteiger charge is 2.31. The Balaban J connectivity index is 1.51. The molecule has 3 unspecified atom stereocenters. The van der Waals surface area contributed by atoms with Crippen LogP contribution in [0.15, 0.2) is 12.2 Å². The van der Waals surface area contributed by atoms with Crippen LogP contribution in [0, 0.1) is 5.92 Å². The summed E-state index contributed by atoms with van der Waals surface area (Å²) in [5.41, 5.74) is 5.90. The first-order valence-electron chi connectivity index (χ1n) is 6.71. The molecule has 0 aromatic rings. The van der Waals surface area contributed by atoms with E-state index >= 15 is 0 Å². The molecule has 3 aliphatic rings. The molecule has 2 N–H and O–H groups in total. The van der Waals surface area contributed by atoms with Crippen molar-refractivity contribution in [1.29, 1.82) is 0 Å². The monoisotopic (exact) mass is 221 g/mol. The minimum atomic E-state index is 0.317. The maximum Gasteiger partial charge on any atom is 0.0229 e. The van der Waals surface area contributed by atoms with Crippen molar-refractivity contribution in [2.75, 3.05) is 32.7 Å². The lowest BCUT2D eigenvalue weighted by atomic mass is 10.1. The predicted octanol–water partition coefficient (Wildman–Crippen LogP) is 0.670. The Kier molecular flexibility index (Phi) is 3.01. The normalized spacial score (nSPS) is 40.4. The third-order valence-corrected chi connectivity index (χ3v) is 4.37. The molecular weight excluding hydrogens is 198 g/mol. The van der Waals surface area contributed by atoms with Crippen LogP contribution in [0.1, 0.15) is 19.3 Å². The summed E-state index contributed by atoms with van der Waals surface area (Å²) in [6.07, 6.45) is 8.48. The fourth-order valence-corrected chi connectivity index (χ4v) is 3.49. The Labute approximate surface area is 98.3 Å². The first-order chi connectivity index (χ1) is 7.81. The van der Waals surface area contributed by atoms with Crippen LogP contribution in [-0.4, -0.2) is 54.6 Å². The van der Waals surface area contributed by atoms with Gasteiger partial charge in [-0.1, -0.05) is 12.2 Å². The third-order valence-electron chi connectivity index (χ3n) is 4.37. The average molecular weight is 221 g/mol. The van der Waals surface area contributed by atoms with Gasteiger partial charge in [-0.15, -0.1) is 0 Å². The second-order valence-corrected chi connectivity index (χ2v) is 5.64. The van der Waals surface area contributed by atoms with Crippen molar-refractivity contribution in [2.24, 2.45) is 11.7 Å². The van der Waals surface area contributed by atoms with E-state index in [1.807, 2.05) is 0 Å². The number of piperazine rings is 1. The van der Waals surface area contributed by atoms with Crippen molar-refractivity contribution in [2.45, 2.75) is 31.3 Å². The van der Waals surface area contributed by atoms with Gasteiger partial charge in [-0.05, 0) is 31.7 Å². The SMILES string of the molecule is NC1C=CC(CN2CCN3CCCC3C2)C1. The molecule has 0 bridgehead atoms. The van der Waals surface area contributed by atoms with E-state index in [4.69, 9.17) is 5.73 Å². The van der Waals surface area contributed by atoms with Crippen LogP contribution in [0.25, 0.3) is 0 Å². The summed E-state index contributed by atoms with van der Waals surface area (Å²) in [4.78, 5) is 5.33. The molecular formula is C13H23N3. The van der Waals surface area contributed by atoms with E-state index in [9.17, 15) is 0 Å². The zero-order valence-electron chi connectivity index (χ0n) is 10.0. The minimum Gasteiger partial charge on any atom is -0.324 e. The van der Waals surface area contributed by atoms with Crippen molar-refractivity contribution in [1.82, 2.24) is 9.80 Å². The first-order valence-corrected chi connectivity index (χ1v) is 6.71. The number of hydrogen-bond acceptors (Lipinski definition) is 3. The van der Waals surface area contributed by atoms with Crippen molar-refractivity contribution >= 4 is 0 Å². The largest absolute Gasteiger partial charge is 0.324 e. The summed E-state index contributed by atoms with van der Waals surface area (Å²) in [6.45, 7) is 6.41. The van der Waals surface area contributed by atoms with Gasteiger partial charge in [-0.25, -0.2) is 0 Å². The maximum absolute atomic E-state index is 5.90. The molecule has 3 nitrogen and oxygen atoms in total. The lowest BCUT2D eigenvalue weighted by molar-refractivity contribution is 0.0963. The molecule has 3 heteroatoms. The van der Waals surface area contributed by atoms with Gasteiger partial charge in [0.05, 0.1) is 0 Å². The molecule has 16 heavy (non-hydrogen) atoms. The van der Waals surface area contributed by atoms with Crippen molar-refractivity contribution in [3.05, 3.63) is 12.2 Å². The van der Waals surface area contributed by atoms with E-state index in [2.05, 4.69) is 22.0 Å². The zero-order valence-corrected chi connectivity index (χ0v) is 10.0. The number of nitrogens with zero attached hydrogens (tertiary/aromatic N) is 2. The minimum absolute atomic E-state index is 0.317. The molecule has 90 valence electrons. The van der Waals surface area contributed by atoms with E-state index < -0.39 is 0 Å². The predicted molar refractivity (Wildman–Crippen MR) is 66.3 cm³/mol. The van der Waals surface area contributed by atoms with Crippen LogP contribution in [0.5, 0.6) is 0 Å². The van der Waals surface area contributed by atoms with Gasteiger partial charge in [-0.2, -0.15) is 0 Å². The van der Waals surface area contributed by atoms with Crippen molar-refractivity contribution < 1.29 is 0 Å². The van der Waals surface area contributed by atoms with Gasteiger partial charge in [0.25, 0.3) is 0 Å². The summed E-state index contributed by atoms with van der Waals surface area (Å²) in [5, 5.41) is 0. The molecule has 0 saturated carbocycles. The molecule has 0 radical (unpaired) electrons. The number of rotatable bonds is 2. The average Bonchev–Trinajstić information content (AvgIpc) is 2.87. The zero-order chi connectivity index (χ0) is 11.0. The fourth-order valence-electron chi connectivity index (χ4n) is 3.49. The second kappa shape index (κ2) is 4.47. The molecule has 0 aromatic carbocycles. The van der Waals surface area contributed by atoms with Crippen LogP contribution >= 0.6 is 0 Å². The molecule has 3 atom stereocenters. The Morgan fingerprint density at radius 2 is 2.12 bits per heavy atom. The van der Waals surface area contributed by atoms with E-state index in [-0.39, 0.29) is 0 Å². The van der Waals surface area contributed by atoms with Gasteiger partial charge in [0, 0.05) is 38.3 Å². The van der Waals surface area contributed by atoms with Gasteiger partial charge < -0.3 is 5.73 Å². The molecule has 3 rings (SSSR count). The topological polar surface area (TPSA) is 32.5 Å². The first kappa shape index (κ1) is 10.8.